The molecule has 19 heavy (non-hydrogen) atoms. The first-order chi connectivity index (χ1) is 9.42. The fourth-order valence-electron chi connectivity index (χ4n) is 2.69. The number of nitrogens with zero attached hydrogens (tertiary/aromatic N) is 3. The smallest absolute Gasteiger partial charge is 0.384 e. The van der Waals surface area contributed by atoms with Crippen LogP contribution >= 0.6 is 11.3 Å². The van der Waals surface area contributed by atoms with Crippen molar-refractivity contribution in [2.75, 3.05) is 0 Å². The molecule has 0 saturated carbocycles. The van der Waals surface area contributed by atoms with Crippen molar-refractivity contribution in [3.63, 3.8) is 0 Å². The van der Waals surface area contributed by atoms with Gasteiger partial charge in [-0.3, -0.25) is 9.97 Å². The van der Waals surface area contributed by atoms with E-state index in [4.69, 9.17) is 4.42 Å². The summed E-state index contributed by atoms with van der Waals surface area (Å²) in [5, 5.41) is 1.14. The molecule has 0 unspecified atom stereocenters. The van der Waals surface area contributed by atoms with Crippen molar-refractivity contribution in [3.05, 3.63) is 42.5 Å². The van der Waals surface area contributed by atoms with Crippen molar-refractivity contribution >= 4 is 31.8 Å². The van der Waals surface area contributed by atoms with Crippen LogP contribution < -0.4 is 4.57 Å². The van der Waals surface area contributed by atoms with Crippen molar-refractivity contribution < 1.29 is 8.98 Å². The molecule has 0 amide bonds. The van der Waals surface area contributed by atoms with E-state index >= 15 is 0 Å². The molecule has 5 rings (SSSR count). The van der Waals surface area contributed by atoms with E-state index in [1.165, 1.54) is 0 Å². The van der Waals surface area contributed by atoms with Crippen LogP contribution in [0.4, 0.5) is 0 Å². The Balaban J connectivity index is 1.93. The lowest BCUT2D eigenvalue weighted by molar-refractivity contribution is -0.647. The van der Waals surface area contributed by atoms with Gasteiger partial charge in [0.15, 0.2) is 6.54 Å². The standard InChI is InChI=1S/C14H8N3OS/c1-2-8-10(16-4-1)7-17-13(8)18-12-9-3-5-15-6-11(9)19-14(12)17/h1-6H,7H2/q+1. The lowest BCUT2D eigenvalue weighted by atomic mass is 10.2. The highest BCUT2D eigenvalue weighted by atomic mass is 32.1. The SMILES string of the molecule is c1cnc2c(c1)-c1oc3c4ccncc4sc3[n+]1C2. The molecule has 1 aliphatic heterocycles. The van der Waals surface area contributed by atoms with Gasteiger partial charge in [-0.25, -0.2) is 0 Å². The highest BCUT2D eigenvalue weighted by molar-refractivity contribution is 7.25. The van der Waals surface area contributed by atoms with Gasteiger partial charge in [0.2, 0.25) is 5.58 Å². The van der Waals surface area contributed by atoms with Crippen LogP contribution in [-0.2, 0) is 6.54 Å². The highest BCUT2D eigenvalue weighted by Crippen LogP contribution is 2.37. The molecule has 0 spiro atoms. The number of thiophene rings is 1. The molecule has 0 fully saturated rings. The van der Waals surface area contributed by atoms with Gasteiger partial charge in [-0.2, -0.15) is 0 Å². The quantitative estimate of drug-likeness (QED) is 0.405. The second-order valence-corrected chi connectivity index (χ2v) is 5.63. The average molecular weight is 266 g/mol. The molecule has 0 N–H and O–H groups in total. The summed E-state index contributed by atoms with van der Waals surface area (Å²) in [4.78, 5) is 9.75. The maximum Gasteiger partial charge on any atom is 0.384 e. The second-order valence-electron chi connectivity index (χ2n) is 4.60. The van der Waals surface area contributed by atoms with E-state index in [-0.39, 0.29) is 0 Å². The van der Waals surface area contributed by atoms with Crippen LogP contribution in [0, 0.1) is 0 Å². The summed E-state index contributed by atoms with van der Waals surface area (Å²) in [6, 6.07) is 6.03. The zero-order valence-electron chi connectivity index (χ0n) is 9.83. The first-order valence-electron chi connectivity index (χ1n) is 6.05. The van der Waals surface area contributed by atoms with Crippen LogP contribution in [0.15, 0.2) is 41.2 Å². The Morgan fingerprint density at radius 3 is 3.26 bits per heavy atom. The molecule has 0 atom stereocenters. The Bertz CT molecular complexity index is 954. The van der Waals surface area contributed by atoms with Crippen molar-refractivity contribution in [2.45, 2.75) is 6.54 Å². The highest BCUT2D eigenvalue weighted by Gasteiger charge is 2.36. The largest absolute Gasteiger partial charge is 0.396 e. The maximum atomic E-state index is 6.10. The average Bonchev–Trinajstić information content (AvgIpc) is 3.07. The number of hydrogen-bond acceptors (Lipinski definition) is 4. The maximum absolute atomic E-state index is 6.10. The molecule has 1 aliphatic rings. The molecular weight excluding hydrogens is 258 g/mol. The zero-order valence-corrected chi connectivity index (χ0v) is 10.6. The third kappa shape index (κ3) is 1.11. The van der Waals surface area contributed by atoms with Crippen LogP contribution in [0.25, 0.3) is 32.0 Å². The van der Waals surface area contributed by atoms with E-state index in [0.29, 0.717) is 0 Å². The molecule has 4 aromatic rings. The second kappa shape index (κ2) is 3.19. The summed E-state index contributed by atoms with van der Waals surface area (Å²) in [6.07, 6.45) is 5.53. The van der Waals surface area contributed by atoms with Gasteiger partial charge in [0.05, 0.1) is 4.70 Å². The Morgan fingerprint density at radius 2 is 2.26 bits per heavy atom. The summed E-state index contributed by atoms with van der Waals surface area (Å²) in [7, 11) is 0. The first-order valence-corrected chi connectivity index (χ1v) is 6.86. The van der Waals surface area contributed by atoms with Crippen LogP contribution in [-0.4, -0.2) is 9.97 Å². The Hall–Kier alpha value is -2.27. The van der Waals surface area contributed by atoms with Gasteiger partial charge in [0, 0.05) is 24.0 Å². The molecule has 0 bridgehead atoms. The van der Waals surface area contributed by atoms with Crippen molar-refractivity contribution in [1.82, 2.24) is 9.97 Å². The van der Waals surface area contributed by atoms with Gasteiger partial charge < -0.3 is 4.42 Å². The monoisotopic (exact) mass is 266 g/mol. The number of pyridine rings is 2. The Labute approximate surface area is 112 Å². The Kier molecular flexibility index (Phi) is 1.62. The fourth-order valence-corrected chi connectivity index (χ4v) is 3.78. The number of oxazole rings is 1. The molecule has 0 aliphatic carbocycles. The van der Waals surface area contributed by atoms with Crippen molar-refractivity contribution in [1.29, 1.82) is 0 Å². The molecule has 0 aromatic carbocycles. The van der Waals surface area contributed by atoms with Gasteiger partial charge in [0.1, 0.15) is 11.3 Å². The summed E-state index contributed by atoms with van der Waals surface area (Å²) >= 11 is 1.72. The third-order valence-corrected chi connectivity index (χ3v) is 4.69. The van der Waals surface area contributed by atoms with Crippen molar-refractivity contribution in [3.8, 4) is 11.5 Å². The lowest BCUT2D eigenvalue weighted by Gasteiger charge is -1.88. The van der Waals surface area contributed by atoms with E-state index < -0.39 is 0 Å². The topological polar surface area (TPSA) is 42.8 Å². The van der Waals surface area contributed by atoms with Gasteiger partial charge in [-0.1, -0.05) is 11.3 Å². The molecule has 0 saturated heterocycles. The Morgan fingerprint density at radius 1 is 1.26 bits per heavy atom. The minimum atomic E-state index is 0.790. The fraction of sp³-hybridized carbons (Fsp3) is 0.0714. The molecule has 0 radical (unpaired) electrons. The zero-order chi connectivity index (χ0) is 12.4. The van der Waals surface area contributed by atoms with Gasteiger partial charge in [-0.15, -0.1) is 4.57 Å². The molecule has 90 valence electrons. The number of rotatable bonds is 0. The van der Waals surface area contributed by atoms with Gasteiger partial charge in [0.25, 0.3) is 0 Å². The minimum Gasteiger partial charge on any atom is -0.396 e. The van der Waals surface area contributed by atoms with Crippen LogP contribution in [0.5, 0.6) is 0 Å². The summed E-state index contributed by atoms with van der Waals surface area (Å²) in [5.74, 6) is 0.920. The van der Waals surface area contributed by atoms with Gasteiger partial charge >= 0.3 is 10.7 Å². The van der Waals surface area contributed by atoms with E-state index in [9.17, 15) is 0 Å². The van der Waals surface area contributed by atoms with E-state index in [0.717, 1.165) is 44.2 Å². The van der Waals surface area contributed by atoms with Crippen LogP contribution in [0.1, 0.15) is 5.69 Å². The predicted molar refractivity (Wildman–Crippen MR) is 71.9 cm³/mol. The molecule has 5 heterocycles. The normalized spacial score (nSPS) is 13.1. The van der Waals surface area contributed by atoms with Crippen LogP contribution in [0.3, 0.4) is 0 Å². The van der Waals surface area contributed by atoms with E-state index in [1.54, 1.807) is 11.3 Å². The first kappa shape index (κ1) is 9.63. The minimum absolute atomic E-state index is 0.790. The third-order valence-electron chi connectivity index (χ3n) is 3.55. The number of fused-ring (bicyclic) bond motifs is 7. The number of aromatic nitrogens is 3. The lowest BCUT2D eigenvalue weighted by Crippen LogP contribution is -2.29. The van der Waals surface area contributed by atoms with E-state index in [1.807, 2.05) is 30.7 Å². The molecule has 5 heteroatoms. The summed E-state index contributed by atoms with van der Waals surface area (Å²) in [6.45, 7) is 0.790. The molecule has 4 nitrogen and oxygen atoms in total. The number of hydrogen-bond donors (Lipinski definition) is 0. The van der Waals surface area contributed by atoms with Crippen LogP contribution in [0.2, 0.25) is 0 Å². The molecular formula is C14H8N3OS+. The summed E-state index contributed by atoms with van der Waals surface area (Å²) in [5.41, 5.74) is 3.15. The van der Waals surface area contributed by atoms with Gasteiger partial charge in [-0.05, 0) is 18.2 Å². The molecule has 4 aromatic heterocycles. The van der Waals surface area contributed by atoms with Crippen molar-refractivity contribution in [2.24, 2.45) is 0 Å². The van der Waals surface area contributed by atoms with E-state index in [2.05, 4.69) is 20.6 Å². The summed E-state index contributed by atoms with van der Waals surface area (Å²) < 4.78 is 9.46. The predicted octanol–water partition coefficient (Wildman–Crippen LogP) is 2.75.